The van der Waals surface area contributed by atoms with E-state index in [0.29, 0.717) is 17.1 Å². The number of halogens is 1. The first-order valence-electron chi connectivity index (χ1n) is 4.00. The molecule has 0 saturated carbocycles. The number of nitrogen functional groups attached to an aromatic ring is 1. The molecule has 14 heavy (non-hydrogen) atoms. The number of benzene rings is 1. The zero-order valence-electron chi connectivity index (χ0n) is 7.40. The second-order valence-electron chi connectivity index (χ2n) is 2.71. The van der Waals surface area contributed by atoms with Crippen LogP contribution in [0.5, 0.6) is 0 Å². The van der Waals surface area contributed by atoms with Gasteiger partial charge in [-0.25, -0.2) is 4.79 Å². The Labute approximate surface area is 86.8 Å². The molecular weight excluding hydrogens is 202 g/mol. The number of hydrogen-bond acceptors (Lipinski definition) is 2. The van der Waals surface area contributed by atoms with E-state index in [2.05, 4.69) is 0 Å². The lowest BCUT2D eigenvalue weighted by atomic mass is 10.1. The summed E-state index contributed by atoms with van der Waals surface area (Å²) < 4.78 is 0. The summed E-state index contributed by atoms with van der Waals surface area (Å²) in [6, 6.07) is 4.55. The number of allylic oxidation sites excluding steroid dienone is 1. The average Bonchev–Trinajstić information content (AvgIpc) is 2.16. The highest BCUT2D eigenvalue weighted by molar-refractivity contribution is 6.19. The topological polar surface area (TPSA) is 63.3 Å². The third kappa shape index (κ3) is 2.50. The quantitative estimate of drug-likeness (QED) is 0.595. The molecule has 0 aromatic heterocycles. The van der Waals surface area contributed by atoms with Gasteiger partial charge in [0.15, 0.2) is 0 Å². The molecular formula is C10H10ClNO2. The third-order valence-electron chi connectivity index (χ3n) is 1.72. The monoisotopic (exact) mass is 211 g/mol. The molecule has 1 aromatic carbocycles. The maximum absolute atomic E-state index is 10.6. The fraction of sp³-hybridized carbons (Fsp3) is 0.100. The van der Waals surface area contributed by atoms with E-state index in [0.717, 1.165) is 0 Å². The molecule has 1 rings (SSSR count). The summed E-state index contributed by atoms with van der Waals surface area (Å²) in [5, 5.41) is 8.73. The van der Waals surface area contributed by atoms with Crippen LogP contribution in [0.15, 0.2) is 24.3 Å². The van der Waals surface area contributed by atoms with Crippen LogP contribution in [0.25, 0.3) is 6.08 Å². The molecule has 3 N–H and O–H groups in total. The van der Waals surface area contributed by atoms with Gasteiger partial charge in [-0.1, -0.05) is 12.2 Å². The van der Waals surface area contributed by atoms with Gasteiger partial charge >= 0.3 is 5.97 Å². The Morgan fingerprint density at radius 2 is 2.29 bits per heavy atom. The summed E-state index contributed by atoms with van der Waals surface area (Å²) in [5.74, 6) is -0.595. The highest BCUT2D eigenvalue weighted by Crippen LogP contribution is 2.15. The molecule has 0 amide bonds. The van der Waals surface area contributed by atoms with Crippen molar-refractivity contribution in [3.8, 4) is 0 Å². The number of hydrogen-bond donors (Lipinski definition) is 2. The molecule has 0 heterocycles. The molecule has 0 bridgehead atoms. The van der Waals surface area contributed by atoms with Crippen LogP contribution in [0.1, 0.15) is 15.9 Å². The number of carboxylic acids is 1. The van der Waals surface area contributed by atoms with Crippen LogP contribution >= 0.6 is 11.6 Å². The smallest absolute Gasteiger partial charge is 0.335 e. The van der Waals surface area contributed by atoms with Crippen LogP contribution in [-0.4, -0.2) is 17.0 Å². The summed E-state index contributed by atoms with van der Waals surface area (Å²) >= 11 is 5.46. The maximum Gasteiger partial charge on any atom is 0.335 e. The Kier molecular flexibility index (Phi) is 3.54. The van der Waals surface area contributed by atoms with Gasteiger partial charge in [-0.15, -0.1) is 11.6 Å². The van der Waals surface area contributed by atoms with Gasteiger partial charge in [0.25, 0.3) is 0 Å². The maximum atomic E-state index is 10.6. The second kappa shape index (κ2) is 4.67. The molecule has 0 unspecified atom stereocenters. The Bertz CT molecular complexity index is 374. The van der Waals surface area contributed by atoms with E-state index in [1.54, 1.807) is 18.2 Å². The highest BCUT2D eigenvalue weighted by Gasteiger charge is 2.04. The molecule has 0 aliphatic carbocycles. The minimum Gasteiger partial charge on any atom is -0.478 e. The Balaban J connectivity index is 3.08. The molecule has 0 atom stereocenters. The second-order valence-corrected chi connectivity index (χ2v) is 3.01. The minimum atomic E-state index is -0.967. The average molecular weight is 212 g/mol. The molecule has 0 fully saturated rings. The molecule has 0 aliphatic heterocycles. The van der Waals surface area contributed by atoms with E-state index < -0.39 is 5.97 Å². The number of rotatable bonds is 3. The molecule has 3 nitrogen and oxygen atoms in total. The number of carbonyl (C=O) groups is 1. The van der Waals surface area contributed by atoms with Crippen molar-refractivity contribution in [3.05, 3.63) is 35.4 Å². The van der Waals surface area contributed by atoms with E-state index in [4.69, 9.17) is 22.4 Å². The van der Waals surface area contributed by atoms with Crippen LogP contribution in [-0.2, 0) is 0 Å². The first-order chi connectivity index (χ1) is 6.65. The van der Waals surface area contributed by atoms with E-state index in [9.17, 15) is 4.79 Å². The van der Waals surface area contributed by atoms with Crippen molar-refractivity contribution < 1.29 is 9.90 Å². The molecule has 1 aromatic rings. The molecule has 4 heteroatoms. The van der Waals surface area contributed by atoms with E-state index in [1.807, 2.05) is 0 Å². The predicted molar refractivity (Wildman–Crippen MR) is 57.6 cm³/mol. The molecule has 0 spiro atoms. The van der Waals surface area contributed by atoms with Gasteiger partial charge < -0.3 is 10.8 Å². The number of nitrogens with two attached hydrogens (primary N) is 1. The number of aromatic carboxylic acids is 1. The van der Waals surface area contributed by atoms with Gasteiger partial charge in [-0.05, 0) is 23.8 Å². The van der Waals surface area contributed by atoms with Crippen LogP contribution in [0, 0.1) is 0 Å². The minimum absolute atomic E-state index is 0.216. The summed E-state index contributed by atoms with van der Waals surface area (Å²) in [4.78, 5) is 10.6. The van der Waals surface area contributed by atoms with E-state index >= 15 is 0 Å². The Morgan fingerprint density at radius 3 is 2.86 bits per heavy atom. The van der Waals surface area contributed by atoms with Gasteiger partial charge in [0.1, 0.15) is 0 Å². The normalized spacial score (nSPS) is 10.6. The SMILES string of the molecule is Nc1ccc(C(=O)O)cc1C=CCCl. The Hall–Kier alpha value is -1.48. The van der Waals surface area contributed by atoms with Gasteiger partial charge in [0.2, 0.25) is 0 Å². The van der Waals surface area contributed by atoms with Crippen molar-refractivity contribution >= 4 is 29.3 Å². The summed E-state index contributed by atoms with van der Waals surface area (Å²) in [7, 11) is 0. The third-order valence-corrected chi connectivity index (χ3v) is 1.90. The van der Waals surface area contributed by atoms with E-state index in [1.165, 1.54) is 12.1 Å². The molecule has 0 saturated heterocycles. The van der Waals surface area contributed by atoms with Gasteiger partial charge in [0.05, 0.1) is 5.56 Å². The number of anilines is 1. The van der Waals surface area contributed by atoms with Crippen LogP contribution in [0.4, 0.5) is 5.69 Å². The fourth-order valence-corrected chi connectivity index (χ4v) is 1.11. The van der Waals surface area contributed by atoms with Gasteiger partial charge in [-0.2, -0.15) is 0 Å². The Morgan fingerprint density at radius 1 is 1.57 bits per heavy atom. The van der Waals surface area contributed by atoms with Crippen LogP contribution < -0.4 is 5.73 Å². The first-order valence-corrected chi connectivity index (χ1v) is 4.54. The lowest BCUT2D eigenvalue weighted by Gasteiger charge is -2.01. The van der Waals surface area contributed by atoms with Crippen LogP contribution in [0.2, 0.25) is 0 Å². The first kappa shape index (κ1) is 10.6. The predicted octanol–water partition coefficient (Wildman–Crippen LogP) is 2.22. The van der Waals surface area contributed by atoms with Gasteiger partial charge in [-0.3, -0.25) is 0 Å². The summed E-state index contributed by atoms with van der Waals surface area (Å²) in [5.41, 5.74) is 7.07. The summed E-state index contributed by atoms with van der Waals surface area (Å²) in [6.07, 6.45) is 3.41. The zero-order valence-corrected chi connectivity index (χ0v) is 8.16. The van der Waals surface area contributed by atoms with Crippen molar-refractivity contribution in [2.75, 3.05) is 11.6 Å². The molecule has 74 valence electrons. The van der Waals surface area contributed by atoms with Crippen molar-refractivity contribution in [2.24, 2.45) is 0 Å². The standard InChI is InChI=1S/C10H10ClNO2/c11-5-1-2-7-6-8(10(13)14)3-4-9(7)12/h1-4,6H,5,12H2,(H,13,14). The number of carboxylic acid groups (broad SMARTS) is 1. The number of alkyl halides is 1. The van der Waals surface area contributed by atoms with E-state index in [-0.39, 0.29) is 5.56 Å². The van der Waals surface area contributed by atoms with Crippen molar-refractivity contribution in [1.82, 2.24) is 0 Å². The van der Waals surface area contributed by atoms with Crippen LogP contribution in [0.3, 0.4) is 0 Å². The lowest BCUT2D eigenvalue weighted by Crippen LogP contribution is -1.98. The van der Waals surface area contributed by atoms with Crippen molar-refractivity contribution in [1.29, 1.82) is 0 Å². The van der Waals surface area contributed by atoms with Gasteiger partial charge in [0, 0.05) is 11.6 Å². The largest absolute Gasteiger partial charge is 0.478 e. The molecule has 0 aliphatic rings. The summed E-state index contributed by atoms with van der Waals surface area (Å²) in [6.45, 7) is 0. The lowest BCUT2D eigenvalue weighted by molar-refractivity contribution is 0.0697. The zero-order chi connectivity index (χ0) is 10.6. The van der Waals surface area contributed by atoms with Crippen molar-refractivity contribution in [3.63, 3.8) is 0 Å². The highest BCUT2D eigenvalue weighted by atomic mass is 35.5. The molecule has 0 radical (unpaired) electrons. The fourth-order valence-electron chi connectivity index (χ4n) is 1.02. The van der Waals surface area contributed by atoms with Crippen molar-refractivity contribution in [2.45, 2.75) is 0 Å².